The van der Waals surface area contributed by atoms with Crippen molar-refractivity contribution in [1.29, 1.82) is 0 Å². The number of hydrogen-bond acceptors (Lipinski definition) is 2. The Morgan fingerprint density at radius 3 is 2.65 bits per heavy atom. The van der Waals surface area contributed by atoms with Gasteiger partial charge in [0.15, 0.2) is 0 Å². The molecule has 17 heavy (non-hydrogen) atoms. The van der Waals surface area contributed by atoms with Crippen LogP contribution in [0.15, 0.2) is 17.3 Å². The molecule has 1 heterocycles. The topological polar surface area (TPSA) is 15.6 Å². The Bertz CT molecular complexity index is 286. The van der Waals surface area contributed by atoms with Crippen molar-refractivity contribution < 1.29 is 0 Å². The molecule has 100 valence electrons. The van der Waals surface area contributed by atoms with E-state index in [9.17, 15) is 0 Å². The molecule has 0 saturated carbocycles. The Balaban J connectivity index is 2.87. The molecule has 0 saturated heterocycles. The van der Waals surface area contributed by atoms with Crippen LogP contribution in [0, 0.1) is 5.92 Å². The minimum Gasteiger partial charge on any atom is -0.356 e. The number of allylic oxidation sites excluding steroid dienone is 1. The van der Waals surface area contributed by atoms with Crippen LogP contribution in [-0.4, -0.2) is 47.8 Å². The number of hydrogen-bond donors (Lipinski definition) is 0. The van der Waals surface area contributed by atoms with E-state index in [4.69, 9.17) is 0 Å². The molecule has 0 N–H and O–H groups in total. The van der Waals surface area contributed by atoms with Gasteiger partial charge >= 0.3 is 0 Å². The fraction of sp³-hybridized carbons (Fsp3) is 0.786. The fourth-order valence-corrected chi connectivity index (χ4v) is 3.94. The molecule has 0 aliphatic carbocycles. The van der Waals surface area contributed by atoms with E-state index in [-0.39, 0.29) is 6.17 Å². The van der Waals surface area contributed by atoms with E-state index in [1.165, 1.54) is 12.2 Å². The maximum absolute atomic E-state index is 4.16. The minimum atomic E-state index is -0.496. The smallest absolute Gasteiger partial charge is 0.117 e. The molecule has 1 aliphatic heterocycles. The predicted octanol–water partition coefficient (Wildman–Crippen LogP) is 3.34. The lowest BCUT2D eigenvalue weighted by atomic mass is 10.1. The van der Waals surface area contributed by atoms with Crippen LogP contribution in [0.4, 0.5) is 0 Å². The standard InChI is InChI=1S/C14H28N2S/c1-12-7-9-16(14(3)15-4)11-13(2)17(5,6)10-8-12/h7,9,12-14H,4,8,10-11H2,1-3,5-6H3/b9-7-/t12?,13-,14?/m1/s1. The van der Waals surface area contributed by atoms with Crippen LogP contribution in [0.3, 0.4) is 0 Å². The van der Waals surface area contributed by atoms with Crippen molar-refractivity contribution in [3.63, 3.8) is 0 Å². The summed E-state index contributed by atoms with van der Waals surface area (Å²) in [4.78, 5) is 6.50. The lowest BCUT2D eigenvalue weighted by molar-refractivity contribution is 0.304. The molecule has 3 atom stereocenters. The zero-order chi connectivity index (χ0) is 13.1. The molecule has 0 bridgehead atoms. The SMILES string of the molecule is C=NC(C)N1/C=C\C(C)CCS(C)(C)[C@H](C)C1. The molecule has 0 aromatic carbocycles. The van der Waals surface area contributed by atoms with Crippen LogP contribution in [0.1, 0.15) is 27.2 Å². The third-order valence-electron chi connectivity index (χ3n) is 4.01. The van der Waals surface area contributed by atoms with Gasteiger partial charge in [0.1, 0.15) is 6.17 Å². The first-order valence-electron chi connectivity index (χ1n) is 6.46. The van der Waals surface area contributed by atoms with Crippen LogP contribution in [0.2, 0.25) is 0 Å². The Morgan fingerprint density at radius 1 is 1.41 bits per heavy atom. The van der Waals surface area contributed by atoms with Gasteiger partial charge < -0.3 is 4.90 Å². The molecule has 0 aromatic heterocycles. The molecule has 0 radical (unpaired) electrons. The lowest BCUT2D eigenvalue weighted by Gasteiger charge is -2.40. The summed E-state index contributed by atoms with van der Waals surface area (Å²) in [6.45, 7) is 11.6. The third kappa shape index (κ3) is 4.06. The molecular formula is C14H28N2S. The van der Waals surface area contributed by atoms with E-state index in [2.05, 4.69) is 62.2 Å². The highest BCUT2D eigenvalue weighted by Gasteiger charge is 2.24. The van der Waals surface area contributed by atoms with E-state index in [0.717, 1.165) is 11.8 Å². The molecule has 2 nitrogen and oxygen atoms in total. The molecule has 2 unspecified atom stereocenters. The van der Waals surface area contributed by atoms with Crippen molar-refractivity contribution >= 4 is 16.7 Å². The van der Waals surface area contributed by atoms with Gasteiger partial charge in [0, 0.05) is 11.8 Å². The second kappa shape index (κ2) is 5.94. The van der Waals surface area contributed by atoms with E-state index in [1.54, 1.807) is 0 Å². The first-order valence-corrected chi connectivity index (χ1v) is 9.14. The average molecular weight is 256 g/mol. The maximum Gasteiger partial charge on any atom is 0.117 e. The van der Waals surface area contributed by atoms with Gasteiger partial charge in [0.25, 0.3) is 0 Å². The van der Waals surface area contributed by atoms with Crippen LogP contribution in [-0.2, 0) is 0 Å². The Labute approximate surface area is 109 Å². The third-order valence-corrected chi connectivity index (χ3v) is 7.62. The summed E-state index contributed by atoms with van der Waals surface area (Å²) in [5, 5.41) is 0.752. The van der Waals surface area contributed by atoms with Gasteiger partial charge in [-0.1, -0.05) is 19.9 Å². The van der Waals surface area contributed by atoms with Crippen molar-refractivity contribution in [1.82, 2.24) is 4.90 Å². The molecular weight excluding hydrogens is 228 g/mol. The van der Waals surface area contributed by atoms with Gasteiger partial charge in [0.2, 0.25) is 0 Å². The zero-order valence-electron chi connectivity index (χ0n) is 12.0. The zero-order valence-corrected chi connectivity index (χ0v) is 12.8. The Morgan fingerprint density at radius 2 is 2.06 bits per heavy atom. The normalized spacial score (nSPS) is 35.0. The number of rotatable bonds is 2. The quantitative estimate of drug-likeness (QED) is 0.692. The van der Waals surface area contributed by atoms with Crippen LogP contribution >= 0.6 is 10.0 Å². The summed E-state index contributed by atoms with van der Waals surface area (Å²) in [6.07, 6.45) is 11.0. The summed E-state index contributed by atoms with van der Waals surface area (Å²) in [6, 6.07) is 0. The van der Waals surface area contributed by atoms with E-state index in [1.807, 2.05) is 0 Å². The summed E-state index contributed by atoms with van der Waals surface area (Å²) >= 11 is 0. The predicted molar refractivity (Wildman–Crippen MR) is 82.4 cm³/mol. The Kier molecular flexibility index (Phi) is 5.11. The maximum atomic E-state index is 4.16. The second-order valence-corrected chi connectivity index (χ2v) is 10.2. The van der Waals surface area contributed by atoms with Crippen molar-refractivity contribution in [2.24, 2.45) is 10.9 Å². The molecule has 0 fully saturated rings. The van der Waals surface area contributed by atoms with Crippen molar-refractivity contribution in [2.75, 3.05) is 24.8 Å². The molecule has 3 heteroatoms. The molecule has 0 aromatic rings. The van der Waals surface area contributed by atoms with E-state index in [0.29, 0.717) is 5.92 Å². The second-order valence-electron chi connectivity index (χ2n) is 5.76. The van der Waals surface area contributed by atoms with Gasteiger partial charge in [-0.2, -0.15) is 0 Å². The molecule has 1 rings (SSSR count). The Hall–Kier alpha value is -0.440. The fourth-order valence-electron chi connectivity index (χ4n) is 1.99. The van der Waals surface area contributed by atoms with Gasteiger partial charge in [-0.05, 0) is 50.4 Å². The molecule has 1 aliphatic rings. The minimum absolute atomic E-state index is 0.189. The van der Waals surface area contributed by atoms with Gasteiger partial charge in [-0.3, -0.25) is 4.99 Å². The van der Waals surface area contributed by atoms with Crippen molar-refractivity contribution in [2.45, 2.75) is 38.6 Å². The highest BCUT2D eigenvalue weighted by atomic mass is 32.3. The highest BCUT2D eigenvalue weighted by molar-refractivity contribution is 8.33. The monoisotopic (exact) mass is 256 g/mol. The van der Waals surface area contributed by atoms with Crippen LogP contribution in [0.25, 0.3) is 0 Å². The van der Waals surface area contributed by atoms with E-state index >= 15 is 0 Å². The lowest BCUT2D eigenvalue weighted by Crippen LogP contribution is -2.35. The first-order chi connectivity index (χ1) is 7.86. The highest BCUT2D eigenvalue weighted by Crippen LogP contribution is 2.47. The van der Waals surface area contributed by atoms with Crippen LogP contribution in [0.5, 0.6) is 0 Å². The van der Waals surface area contributed by atoms with E-state index < -0.39 is 10.0 Å². The van der Waals surface area contributed by atoms with Crippen molar-refractivity contribution in [3.05, 3.63) is 12.3 Å². The van der Waals surface area contributed by atoms with Crippen LogP contribution < -0.4 is 0 Å². The van der Waals surface area contributed by atoms with Gasteiger partial charge in [-0.15, -0.1) is 0 Å². The summed E-state index contributed by atoms with van der Waals surface area (Å²) in [5.41, 5.74) is 0. The molecule has 0 spiro atoms. The first kappa shape index (κ1) is 14.6. The average Bonchev–Trinajstić information content (AvgIpc) is 2.33. The number of nitrogens with zero attached hydrogens (tertiary/aromatic N) is 2. The molecule has 0 amide bonds. The number of aliphatic imine (C=N–C) groups is 1. The summed E-state index contributed by atoms with van der Waals surface area (Å²) < 4.78 is 0. The summed E-state index contributed by atoms with van der Waals surface area (Å²) in [7, 11) is -0.496. The van der Waals surface area contributed by atoms with Gasteiger partial charge in [-0.25, -0.2) is 10.0 Å². The van der Waals surface area contributed by atoms with Gasteiger partial charge in [0.05, 0.1) is 0 Å². The summed E-state index contributed by atoms with van der Waals surface area (Å²) in [5.74, 6) is 2.05. The largest absolute Gasteiger partial charge is 0.356 e. The van der Waals surface area contributed by atoms with Crippen molar-refractivity contribution in [3.8, 4) is 0 Å².